The summed E-state index contributed by atoms with van der Waals surface area (Å²) < 4.78 is 12.8. The van der Waals surface area contributed by atoms with Crippen molar-refractivity contribution in [2.75, 3.05) is 42.6 Å². The van der Waals surface area contributed by atoms with Crippen molar-refractivity contribution in [3.63, 3.8) is 0 Å². The number of rotatable bonds is 9. The fourth-order valence-electron chi connectivity index (χ4n) is 7.85. The van der Waals surface area contributed by atoms with E-state index in [9.17, 15) is 19.5 Å². The molecule has 1 spiro atoms. The van der Waals surface area contributed by atoms with Gasteiger partial charge in [0.05, 0.1) is 25.2 Å². The fraction of sp³-hybridized carbons (Fsp3) is 0.629. The molecule has 4 aliphatic rings. The zero-order valence-corrected chi connectivity index (χ0v) is 26.9. The molecular weight excluding hydrogens is 558 g/mol. The highest BCUT2D eigenvalue weighted by atomic mass is 16.6. The lowest BCUT2D eigenvalue weighted by molar-refractivity contribution is -0.161. The first-order valence-electron chi connectivity index (χ1n) is 16.5. The SMILES string of the molecule is CCN(CC)c1ccc(N2CC=C[C@]34O[C@]5(CC)/C=C\CCCCOC(=O)[C@@H]5[C@H]3C(=O)N([C@@H](CO)CC(C)C)C4C2=O)cc1. The number of hydrogen-bond acceptors (Lipinski definition) is 7. The number of ether oxygens (including phenoxy) is 2. The number of likely N-dealkylation sites (tertiary alicyclic amines) is 1. The summed E-state index contributed by atoms with van der Waals surface area (Å²) in [6.45, 7) is 12.2. The summed E-state index contributed by atoms with van der Waals surface area (Å²) in [7, 11) is 0. The van der Waals surface area contributed by atoms with Gasteiger partial charge in [-0.3, -0.25) is 14.4 Å². The molecule has 1 aromatic carbocycles. The molecule has 4 aliphatic heterocycles. The van der Waals surface area contributed by atoms with Gasteiger partial charge < -0.3 is 29.3 Å². The molecular formula is C35H49N3O6. The molecule has 2 saturated heterocycles. The average Bonchev–Trinajstić information content (AvgIpc) is 3.38. The number of allylic oxidation sites excluding steroid dienone is 1. The second kappa shape index (κ2) is 13.1. The van der Waals surface area contributed by atoms with Crippen molar-refractivity contribution >= 4 is 29.2 Å². The molecule has 4 heterocycles. The highest BCUT2D eigenvalue weighted by molar-refractivity contribution is 6.06. The van der Waals surface area contributed by atoms with Crippen molar-refractivity contribution in [2.45, 2.75) is 90.0 Å². The second-order valence-electron chi connectivity index (χ2n) is 12.9. The molecule has 6 atom stereocenters. The fourth-order valence-corrected chi connectivity index (χ4v) is 7.85. The highest BCUT2D eigenvalue weighted by Gasteiger charge is 2.75. The molecule has 0 radical (unpaired) electrons. The maximum atomic E-state index is 14.9. The Morgan fingerprint density at radius 3 is 2.34 bits per heavy atom. The quantitative estimate of drug-likeness (QED) is 0.326. The molecule has 5 rings (SSSR count). The molecule has 240 valence electrons. The number of carbonyl (C=O) groups is 3. The third kappa shape index (κ3) is 5.36. The zero-order valence-electron chi connectivity index (χ0n) is 26.9. The van der Waals surface area contributed by atoms with E-state index in [0.717, 1.165) is 43.7 Å². The minimum absolute atomic E-state index is 0.161. The third-order valence-electron chi connectivity index (χ3n) is 9.96. The number of hydrogen-bond donors (Lipinski definition) is 1. The van der Waals surface area contributed by atoms with E-state index >= 15 is 0 Å². The van der Waals surface area contributed by atoms with Gasteiger partial charge in [-0.05, 0) is 76.1 Å². The van der Waals surface area contributed by atoms with Crippen LogP contribution in [0.25, 0.3) is 0 Å². The van der Waals surface area contributed by atoms with Gasteiger partial charge in [-0.2, -0.15) is 0 Å². The van der Waals surface area contributed by atoms with Crippen molar-refractivity contribution in [3.05, 3.63) is 48.6 Å². The Morgan fingerprint density at radius 1 is 0.977 bits per heavy atom. The number of anilines is 2. The van der Waals surface area contributed by atoms with Crippen LogP contribution in [-0.4, -0.2) is 83.9 Å². The van der Waals surface area contributed by atoms with Gasteiger partial charge in [-0.1, -0.05) is 45.1 Å². The molecule has 2 amide bonds. The zero-order chi connectivity index (χ0) is 31.6. The lowest BCUT2D eigenvalue weighted by atomic mass is 9.73. The van der Waals surface area contributed by atoms with Crippen LogP contribution in [0.4, 0.5) is 11.4 Å². The van der Waals surface area contributed by atoms with Gasteiger partial charge in [0.15, 0.2) is 0 Å². The summed E-state index contributed by atoms with van der Waals surface area (Å²) in [4.78, 5) is 48.9. The van der Waals surface area contributed by atoms with Crippen molar-refractivity contribution in [1.29, 1.82) is 0 Å². The summed E-state index contributed by atoms with van der Waals surface area (Å²) in [5.41, 5.74) is -0.710. The van der Waals surface area contributed by atoms with Gasteiger partial charge in [0.2, 0.25) is 5.91 Å². The van der Waals surface area contributed by atoms with E-state index in [1.165, 1.54) is 0 Å². The summed E-state index contributed by atoms with van der Waals surface area (Å²) in [5, 5.41) is 10.6. The van der Waals surface area contributed by atoms with Gasteiger partial charge in [0.1, 0.15) is 23.2 Å². The smallest absolute Gasteiger partial charge is 0.313 e. The first kappa shape index (κ1) is 32.2. The van der Waals surface area contributed by atoms with Crippen LogP contribution in [0.3, 0.4) is 0 Å². The molecule has 1 N–H and O–H groups in total. The van der Waals surface area contributed by atoms with Crippen LogP contribution < -0.4 is 9.80 Å². The summed E-state index contributed by atoms with van der Waals surface area (Å²) >= 11 is 0. The van der Waals surface area contributed by atoms with Crippen molar-refractivity contribution < 1.29 is 29.0 Å². The molecule has 0 aromatic heterocycles. The van der Waals surface area contributed by atoms with Gasteiger partial charge in [-0.15, -0.1) is 0 Å². The maximum Gasteiger partial charge on any atom is 0.313 e. The Balaban J connectivity index is 1.64. The van der Waals surface area contributed by atoms with Gasteiger partial charge >= 0.3 is 5.97 Å². The topological polar surface area (TPSA) is 99.6 Å². The third-order valence-corrected chi connectivity index (χ3v) is 9.96. The van der Waals surface area contributed by atoms with E-state index in [-0.39, 0.29) is 37.5 Å². The molecule has 0 saturated carbocycles. The number of fused-ring (bicyclic) bond motifs is 2. The molecule has 9 heteroatoms. The van der Waals surface area contributed by atoms with E-state index in [1.54, 1.807) is 9.80 Å². The van der Waals surface area contributed by atoms with Crippen LogP contribution in [-0.2, 0) is 23.9 Å². The number of cyclic esters (lactones) is 1. The van der Waals surface area contributed by atoms with Crippen LogP contribution in [0.5, 0.6) is 0 Å². The summed E-state index contributed by atoms with van der Waals surface area (Å²) in [5.74, 6) is -2.81. The Morgan fingerprint density at radius 2 is 1.70 bits per heavy atom. The van der Waals surface area contributed by atoms with Crippen molar-refractivity contribution in [2.24, 2.45) is 17.8 Å². The predicted molar refractivity (Wildman–Crippen MR) is 170 cm³/mol. The lowest BCUT2D eigenvalue weighted by Gasteiger charge is -2.41. The number of aliphatic hydroxyl groups is 1. The Labute approximate surface area is 261 Å². The second-order valence-corrected chi connectivity index (χ2v) is 12.9. The molecule has 0 aliphatic carbocycles. The van der Waals surface area contributed by atoms with Gasteiger partial charge in [-0.25, -0.2) is 0 Å². The van der Waals surface area contributed by atoms with E-state index in [1.807, 2.05) is 69.3 Å². The van der Waals surface area contributed by atoms with Gasteiger partial charge in [0, 0.05) is 31.0 Å². The number of nitrogens with zero attached hydrogens (tertiary/aromatic N) is 3. The molecule has 1 unspecified atom stereocenters. The minimum Gasteiger partial charge on any atom is -0.465 e. The normalized spacial score (nSPS) is 31.7. The Hall–Kier alpha value is -3.17. The first-order chi connectivity index (χ1) is 21.2. The molecule has 1 aromatic rings. The number of esters is 1. The lowest BCUT2D eigenvalue weighted by Crippen LogP contribution is -2.59. The van der Waals surface area contributed by atoms with E-state index < -0.39 is 41.1 Å². The first-order valence-corrected chi connectivity index (χ1v) is 16.5. The van der Waals surface area contributed by atoms with Crippen LogP contribution in [0.15, 0.2) is 48.6 Å². The molecule has 0 bridgehead atoms. The number of amides is 2. The minimum atomic E-state index is -1.40. The average molecular weight is 608 g/mol. The van der Waals surface area contributed by atoms with Gasteiger partial charge in [0.25, 0.3) is 5.91 Å². The molecule has 2 fully saturated rings. The number of carbonyl (C=O) groups excluding carboxylic acids is 3. The van der Waals surface area contributed by atoms with E-state index in [2.05, 4.69) is 18.7 Å². The van der Waals surface area contributed by atoms with Crippen molar-refractivity contribution in [3.8, 4) is 0 Å². The Bertz CT molecular complexity index is 1270. The Kier molecular flexibility index (Phi) is 9.56. The van der Waals surface area contributed by atoms with Crippen molar-refractivity contribution in [1.82, 2.24) is 4.90 Å². The van der Waals surface area contributed by atoms with E-state index in [4.69, 9.17) is 9.47 Å². The number of benzene rings is 1. The van der Waals surface area contributed by atoms with E-state index in [0.29, 0.717) is 12.8 Å². The maximum absolute atomic E-state index is 14.9. The summed E-state index contributed by atoms with van der Waals surface area (Å²) in [6, 6.07) is 6.25. The predicted octanol–water partition coefficient (Wildman–Crippen LogP) is 4.49. The van der Waals surface area contributed by atoms with Crippen LogP contribution in [0.2, 0.25) is 0 Å². The monoisotopic (exact) mass is 607 g/mol. The molecule has 9 nitrogen and oxygen atoms in total. The molecule has 44 heavy (non-hydrogen) atoms. The highest BCUT2D eigenvalue weighted by Crippen LogP contribution is 2.58. The number of aliphatic hydroxyl groups excluding tert-OH is 1. The van der Waals surface area contributed by atoms with Crippen LogP contribution in [0.1, 0.15) is 66.7 Å². The largest absolute Gasteiger partial charge is 0.465 e. The van der Waals surface area contributed by atoms with Crippen LogP contribution >= 0.6 is 0 Å². The standard InChI is InChI=1S/C35H49N3O6/c1-6-34-18-11-9-10-12-21-43-33(42)29(34)28-31(40)38(27(23-39)22-24(4)5)30-32(41)37(20-13-19-35(28,30)44-34)26-16-14-25(15-17-26)36(7-2)8-3/h11,13-19,24,27-30,39H,6-10,12,20-23H2,1-5H3/b18-11-/t27-,28+,29+,30?,34-,35+/m1/s1. The summed E-state index contributed by atoms with van der Waals surface area (Å²) in [6.07, 6.45) is 11.1. The van der Waals surface area contributed by atoms with Crippen LogP contribution in [0, 0.1) is 17.8 Å².